The summed E-state index contributed by atoms with van der Waals surface area (Å²) in [6.45, 7) is 0. The van der Waals surface area contributed by atoms with E-state index in [0.717, 1.165) is 0 Å². The van der Waals surface area contributed by atoms with E-state index in [0.29, 0.717) is 0 Å². The number of hydrogen-bond acceptors (Lipinski definition) is 4. The van der Waals surface area contributed by atoms with E-state index in [1.807, 2.05) is 0 Å². The van der Waals surface area contributed by atoms with Crippen molar-refractivity contribution < 1.29 is 17.1 Å². The van der Waals surface area contributed by atoms with E-state index in [9.17, 15) is 0 Å². The van der Waals surface area contributed by atoms with Crippen molar-refractivity contribution in [1.82, 2.24) is 0 Å². The van der Waals surface area contributed by atoms with Crippen molar-refractivity contribution in [1.29, 1.82) is 21.0 Å². The molecule has 6 heteroatoms. The van der Waals surface area contributed by atoms with E-state index in [1.54, 1.807) is 0 Å². The topological polar surface area (TPSA) is 95.2 Å². The molecule has 0 fully saturated rings. The summed E-state index contributed by atoms with van der Waals surface area (Å²) in [5.41, 5.74) is 0. The minimum absolute atomic E-state index is 0. The summed E-state index contributed by atoms with van der Waals surface area (Å²) >= 11 is -3.81. The van der Waals surface area contributed by atoms with Crippen LogP contribution in [-0.4, -0.2) is 29.6 Å². The van der Waals surface area contributed by atoms with Crippen LogP contribution in [-0.2, 0) is 17.1 Å². The summed E-state index contributed by atoms with van der Waals surface area (Å²) in [6.07, 6.45) is 0. The Bertz CT molecular complexity index is 210. The van der Waals surface area contributed by atoms with Crippen molar-refractivity contribution in [2.45, 2.75) is 0 Å². The van der Waals surface area contributed by atoms with Gasteiger partial charge in [0.2, 0.25) is 0 Å². The molecule has 0 aliphatic rings. The van der Waals surface area contributed by atoms with Gasteiger partial charge in [0.05, 0.1) is 0 Å². The number of hydrogen-bond donors (Lipinski definition) is 0. The van der Waals surface area contributed by atoms with Gasteiger partial charge in [-0.3, -0.25) is 0 Å². The predicted molar refractivity (Wildman–Crippen MR) is 28.2 cm³/mol. The van der Waals surface area contributed by atoms with Crippen molar-refractivity contribution >= 4 is 29.6 Å². The summed E-state index contributed by atoms with van der Waals surface area (Å²) < 4.78 is 5.82. The van der Waals surface area contributed by atoms with Crippen molar-refractivity contribution in [2.75, 3.05) is 0 Å². The van der Waals surface area contributed by atoms with Gasteiger partial charge in [0, 0.05) is 29.6 Å². The van der Waals surface area contributed by atoms with Gasteiger partial charge in [-0.1, -0.05) is 0 Å². The van der Waals surface area contributed by atoms with E-state index in [1.165, 1.54) is 17.1 Å². The van der Waals surface area contributed by atoms with Gasteiger partial charge in [-0.15, -0.1) is 0 Å². The summed E-state index contributed by atoms with van der Waals surface area (Å²) in [6, 6.07) is 0. The van der Waals surface area contributed by atoms with Gasteiger partial charge in [-0.25, -0.2) is 0 Å². The second-order valence-electron chi connectivity index (χ2n) is 0.722. The first-order chi connectivity index (χ1) is 4.24. The van der Waals surface area contributed by atoms with Crippen molar-refractivity contribution in [3.63, 3.8) is 0 Å². The van der Waals surface area contributed by atoms with Crippen LogP contribution < -0.4 is 0 Å². The fraction of sp³-hybridized carbons (Fsp3) is 0. The zero-order valence-electron chi connectivity index (χ0n) is 5.09. The third kappa shape index (κ3) is 2.53. The maximum absolute atomic E-state index is 8.14. The van der Waals surface area contributed by atoms with Crippen molar-refractivity contribution in [2.24, 2.45) is 0 Å². The molecule has 10 heavy (non-hydrogen) atoms. The van der Waals surface area contributed by atoms with Crippen LogP contribution in [0.15, 0.2) is 0 Å². The Morgan fingerprint density at radius 2 is 0.900 bits per heavy atom. The standard InChI is InChI=1S/4CN.Au.Na/c4*1-2;;. The fourth-order valence-corrected chi connectivity index (χ4v) is 0.740. The minimum Gasteiger partial charge on any atom is 0 e. The van der Waals surface area contributed by atoms with E-state index < -0.39 is 17.1 Å². The summed E-state index contributed by atoms with van der Waals surface area (Å²) in [7, 11) is 0. The Labute approximate surface area is 84.1 Å². The van der Waals surface area contributed by atoms with Crippen LogP contribution in [0.2, 0.25) is 0 Å². The molecule has 0 N–H and O–H groups in total. The molecule has 0 aromatic carbocycles. The molecule has 0 heterocycles. The minimum atomic E-state index is -3.81. The Morgan fingerprint density at radius 3 is 0.900 bits per heavy atom. The van der Waals surface area contributed by atoms with Crippen molar-refractivity contribution in [3.8, 4) is 17.1 Å². The maximum atomic E-state index is 8.14. The van der Waals surface area contributed by atoms with Gasteiger partial charge in [-0.05, 0) is 0 Å². The molecule has 0 spiro atoms. The second kappa shape index (κ2) is 5.48. The van der Waals surface area contributed by atoms with Gasteiger partial charge >= 0.3 is 55.3 Å². The number of nitrogens with zero attached hydrogens (tertiary/aromatic N) is 4. The molecule has 0 atom stereocenters. The quantitative estimate of drug-likeness (QED) is 0.571. The zero-order valence-corrected chi connectivity index (χ0v) is 9.26. The summed E-state index contributed by atoms with van der Waals surface area (Å²) in [4.78, 5) is 0. The third-order valence-corrected chi connectivity index (χ3v) is 3.31. The van der Waals surface area contributed by atoms with Gasteiger partial charge in [0.15, 0.2) is 0 Å². The smallest absolute Gasteiger partial charge is 0 e. The van der Waals surface area contributed by atoms with Crippen LogP contribution in [0.25, 0.3) is 0 Å². The Morgan fingerprint density at radius 1 is 0.700 bits per heavy atom. The molecule has 0 unspecified atom stereocenters. The van der Waals surface area contributed by atoms with E-state index in [4.69, 9.17) is 21.0 Å². The van der Waals surface area contributed by atoms with Crippen LogP contribution in [0.3, 0.4) is 0 Å². The summed E-state index contributed by atoms with van der Waals surface area (Å²) in [5.74, 6) is 0. The molecule has 1 radical (unpaired) electrons. The average molecular weight is 324 g/mol. The van der Waals surface area contributed by atoms with Crippen molar-refractivity contribution in [3.05, 3.63) is 0 Å². The molecule has 0 saturated heterocycles. The molecule has 0 amide bonds. The molecule has 0 bridgehead atoms. The number of nitriles is 4. The van der Waals surface area contributed by atoms with Gasteiger partial charge in [0.1, 0.15) is 0 Å². The zero-order chi connectivity index (χ0) is 7.33. The monoisotopic (exact) mass is 324 g/mol. The molecule has 0 aromatic heterocycles. The Kier molecular flexibility index (Phi) is 6.79. The first-order valence-corrected chi connectivity index (χ1v) is 5.83. The van der Waals surface area contributed by atoms with Gasteiger partial charge in [0.25, 0.3) is 0 Å². The molecule has 0 saturated carbocycles. The van der Waals surface area contributed by atoms with E-state index in [2.05, 4.69) is 0 Å². The normalized spacial score (nSPS) is 8.40. The van der Waals surface area contributed by atoms with Crippen LogP contribution >= 0.6 is 0 Å². The van der Waals surface area contributed by atoms with Crippen LogP contribution in [0, 0.1) is 38.2 Å². The van der Waals surface area contributed by atoms with Crippen LogP contribution in [0.1, 0.15) is 0 Å². The van der Waals surface area contributed by atoms with Gasteiger partial charge in [-0.2, -0.15) is 0 Å². The molecule has 48 valence electrons. The Hall–Kier alpha value is -0.300. The average Bonchev–Trinajstić information content (AvgIpc) is 1.95. The van der Waals surface area contributed by atoms with E-state index >= 15 is 0 Å². The first kappa shape index (κ1) is 12.4. The van der Waals surface area contributed by atoms with E-state index in [-0.39, 0.29) is 29.6 Å². The Balaban J connectivity index is 0. The third-order valence-electron chi connectivity index (χ3n) is 0.405. The predicted octanol–water partition coefficient (Wildman–Crippen LogP) is -0.316. The molecule has 0 aliphatic heterocycles. The van der Waals surface area contributed by atoms with Crippen LogP contribution in [0.5, 0.6) is 0 Å². The maximum Gasteiger partial charge on any atom is 0 e. The van der Waals surface area contributed by atoms with Gasteiger partial charge < -0.3 is 0 Å². The first-order valence-electron chi connectivity index (χ1n) is 1.50. The molecular formula is C4AuN4Na. The molecule has 0 rings (SSSR count). The second-order valence-corrected chi connectivity index (χ2v) is 5.91. The fourth-order valence-electron chi connectivity index (χ4n) is 0.0905. The van der Waals surface area contributed by atoms with Crippen LogP contribution in [0.4, 0.5) is 0 Å². The molecular weight excluding hydrogens is 324 g/mol. The summed E-state index contributed by atoms with van der Waals surface area (Å²) in [5, 5.41) is 32.5. The number of rotatable bonds is 0. The molecule has 4 nitrogen and oxygen atoms in total. The molecule has 0 aromatic rings. The largest absolute Gasteiger partial charge is 0 e. The SMILES string of the molecule is N#[C][Au]([C]#N)([C]#N)[C]#N.[Na]. The molecule has 0 aliphatic carbocycles.